The molecule has 1 N–H and O–H groups in total. The van der Waals surface area contributed by atoms with E-state index in [2.05, 4.69) is 22.5 Å². The van der Waals surface area contributed by atoms with Crippen LogP contribution in [0.25, 0.3) is 0 Å². The van der Waals surface area contributed by atoms with Crippen molar-refractivity contribution in [2.75, 3.05) is 5.32 Å². The molecular weight excluding hydrogens is 201 g/mol. The summed E-state index contributed by atoms with van der Waals surface area (Å²) in [5.41, 5.74) is 0.351. The maximum atomic E-state index is 12.1. The summed E-state index contributed by atoms with van der Waals surface area (Å²) in [7, 11) is 0. The van der Waals surface area contributed by atoms with Gasteiger partial charge in [0.05, 0.1) is 11.1 Å². The number of nitrogens with one attached hydrogen (secondary N) is 1. The molecule has 0 aliphatic heterocycles. The number of anilines is 1. The van der Waals surface area contributed by atoms with Gasteiger partial charge in [0, 0.05) is 6.20 Å². The number of nitrogens with zero attached hydrogens (tertiary/aromatic N) is 1. The standard InChI is InChI=1S/C7H5F3N2S/c8-7(9,10)5-1-2-11-6(3-5)12-4-13/h1-4H,(H,11,12,13). The average Bonchev–Trinajstić information content (AvgIpc) is 2.04. The summed E-state index contributed by atoms with van der Waals surface area (Å²) in [6.45, 7) is 0. The number of rotatable bonds is 2. The number of aromatic nitrogens is 1. The van der Waals surface area contributed by atoms with Gasteiger partial charge in [-0.1, -0.05) is 12.2 Å². The summed E-state index contributed by atoms with van der Waals surface area (Å²) in [5, 5.41) is 2.40. The molecule has 0 atom stereocenters. The molecule has 0 spiro atoms. The minimum Gasteiger partial charge on any atom is -0.337 e. The van der Waals surface area contributed by atoms with Crippen LogP contribution in [0.1, 0.15) is 5.56 Å². The van der Waals surface area contributed by atoms with Gasteiger partial charge < -0.3 is 5.32 Å². The molecule has 1 heterocycles. The molecule has 6 heteroatoms. The second-order valence-corrected chi connectivity index (χ2v) is 2.43. The van der Waals surface area contributed by atoms with Gasteiger partial charge in [-0.25, -0.2) is 4.98 Å². The Balaban J connectivity index is 2.98. The molecule has 0 radical (unpaired) electrons. The first-order valence-electron chi connectivity index (χ1n) is 3.27. The van der Waals surface area contributed by atoms with Crippen molar-refractivity contribution in [2.24, 2.45) is 0 Å². The topological polar surface area (TPSA) is 24.9 Å². The van der Waals surface area contributed by atoms with Crippen molar-refractivity contribution in [1.29, 1.82) is 0 Å². The van der Waals surface area contributed by atoms with Crippen LogP contribution in [0.4, 0.5) is 19.0 Å². The van der Waals surface area contributed by atoms with Crippen molar-refractivity contribution in [3.8, 4) is 0 Å². The van der Waals surface area contributed by atoms with E-state index in [4.69, 9.17) is 0 Å². The molecule has 0 aliphatic carbocycles. The SMILES string of the molecule is FC(F)(F)c1ccnc(NC=S)c1. The molecule has 1 aromatic rings. The van der Waals surface area contributed by atoms with E-state index in [1.165, 1.54) is 0 Å². The van der Waals surface area contributed by atoms with Crippen molar-refractivity contribution in [3.05, 3.63) is 23.9 Å². The van der Waals surface area contributed by atoms with Gasteiger partial charge in [-0.2, -0.15) is 13.2 Å². The Morgan fingerprint density at radius 2 is 2.15 bits per heavy atom. The van der Waals surface area contributed by atoms with Crippen LogP contribution in [0.2, 0.25) is 0 Å². The summed E-state index contributed by atoms with van der Waals surface area (Å²) in [4.78, 5) is 3.63. The quantitative estimate of drug-likeness (QED) is 0.752. The smallest absolute Gasteiger partial charge is 0.337 e. The fourth-order valence-corrected chi connectivity index (χ4v) is 0.867. The fourth-order valence-electron chi connectivity index (χ4n) is 0.746. The van der Waals surface area contributed by atoms with Gasteiger partial charge in [0.25, 0.3) is 0 Å². The normalized spacial score (nSPS) is 11.0. The maximum absolute atomic E-state index is 12.1. The molecule has 0 fully saturated rings. The van der Waals surface area contributed by atoms with Gasteiger partial charge in [0.2, 0.25) is 0 Å². The van der Waals surface area contributed by atoms with Crippen LogP contribution in [0.5, 0.6) is 0 Å². The minimum atomic E-state index is -4.35. The first-order valence-corrected chi connectivity index (χ1v) is 3.74. The summed E-state index contributed by atoms with van der Waals surface area (Å²) in [6.07, 6.45) is -3.27. The van der Waals surface area contributed by atoms with Crippen molar-refractivity contribution >= 4 is 23.5 Å². The van der Waals surface area contributed by atoms with Crippen molar-refractivity contribution < 1.29 is 13.2 Å². The second kappa shape index (κ2) is 3.69. The van der Waals surface area contributed by atoms with E-state index in [1.807, 2.05) is 0 Å². The molecule has 0 unspecified atom stereocenters. The van der Waals surface area contributed by atoms with E-state index in [0.717, 1.165) is 23.8 Å². The summed E-state index contributed by atoms with van der Waals surface area (Å²) in [5.74, 6) is 0.0878. The van der Waals surface area contributed by atoms with Crippen molar-refractivity contribution in [1.82, 2.24) is 4.98 Å². The Morgan fingerprint density at radius 3 is 2.69 bits per heavy atom. The van der Waals surface area contributed by atoms with Crippen LogP contribution < -0.4 is 5.32 Å². The molecule has 13 heavy (non-hydrogen) atoms. The molecular formula is C7H5F3N2S. The lowest BCUT2D eigenvalue weighted by molar-refractivity contribution is -0.137. The average molecular weight is 206 g/mol. The second-order valence-electron chi connectivity index (χ2n) is 2.19. The van der Waals surface area contributed by atoms with Crippen LogP contribution in [0.15, 0.2) is 18.3 Å². The third-order valence-electron chi connectivity index (χ3n) is 1.29. The summed E-state index contributed by atoms with van der Waals surface area (Å²) >= 11 is 4.41. The monoisotopic (exact) mass is 206 g/mol. The van der Waals surface area contributed by atoms with Crippen LogP contribution in [0.3, 0.4) is 0 Å². The molecule has 1 rings (SSSR count). The molecule has 0 aromatic carbocycles. The zero-order valence-electron chi connectivity index (χ0n) is 6.30. The highest BCUT2D eigenvalue weighted by Crippen LogP contribution is 2.29. The lowest BCUT2D eigenvalue weighted by Crippen LogP contribution is -2.06. The van der Waals surface area contributed by atoms with Crippen LogP contribution in [0, 0.1) is 0 Å². The van der Waals surface area contributed by atoms with E-state index in [9.17, 15) is 13.2 Å². The zero-order valence-corrected chi connectivity index (χ0v) is 7.12. The van der Waals surface area contributed by atoms with Gasteiger partial charge in [-0.05, 0) is 12.1 Å². The van der Waals surface area contributed by atoms with Gasteiger partial charge in [0.1, 0.15) is 5.82 Å². The van der Waals surface area contributed by atoms with Gasteiger partial charge in [0.15, 0.2) is 0 Å². The van der Waals surface area contributed by atoms with Gasteiger partial charge in [-0.3, -0.25) is 0 Å². The van der Waals surface area contributed by atoms with Gasteiger partial charge >= 0.3 is 6.18 Å². The van der Waals surface area contributed by atoms with E-state index < -0.39 is 11.7 Å². The number of hydrogen-bond donors (Lipinski definition) is 1. The Bertz CT molecular complexity index is 311. The Kier molecular flexibility index (Phi) is 2.82. The number of hydrogen-bond acceptors (Lipinski definition) is 2. The number of alkyl halides is 3. The molecule has 2 nitrogen and oxygen atoms in total. The van der Waals surface area contributed by atoms with Crippen LogP contribution >= 0.6 is 12.2 Å². The Hall–Kier alpha value is -1.17. The predicted octanol–water partition coefficient (Wildman–Crippen LogP) is 2.47. The Labute approximate surface area is 77.8 Å². The number of pyridine rings is 1. The first kappa shape index (κ1) is 9.91. The molecule has 0 bridgehead atoms. The van der Waals surface area contributed by atoms with Crippen LogP contribution in [-0.2, 0) is 6.18 Å². The summed E-state index contributed by atoms with van der Waals surface area (Å²) in [6, 6.07) is 1.79. The maximum Gasteiger partial charge on any atom is 0.416 e. The summed E-state index contributed by atoms with van der Waals surface area (Å²) < 4.78 is 36.3. The molecule has 0 saturated heterocycles. The van der Waals surface area contributed by atoms with Gasteiger partial charge in [-0.15, -0.1) is 0 Å². The Morgan fingerprint density at radius 1 is 1.46 bits per heavy atom. The molecule has 70 valence electrons. The van der Waals surface area contributed by atoms with E-state index >= 15 is 0 Å². The van der Waals surface area contributed by atoms with Crippen molar-refractivity contribution in [2.45, 2.75) is 6.18 Å². The van der Waals surface area contributed by atoms with E-state index in [0.29, 0.717) is 0 Å². The first-order chi connectivity index (χ1) is 6.04. The zero-order chi connectivity index (χ0) is 9.90. The largest absolute Gasteiger partial charge is 0.416 e. The van der Waals surface area contributed by atoms with E-state index in [1.54, 1.807) is 0 Å². The highest BCUT2D eigenvalue weighted by Gasteiger charge is 2.30. The van der Waals surface area contributed by atoms with Crippen LogP contribution in [-0.4, -0.2) is 10.5 Å². The predicted molar refractivity (Wildman–Crippen MR) is 46.5 cm³/mol. The number of thiocarbonyl (C=S) groups is 1. The third kappa shape index (κ3) is 2.66. The van der Waals surface area contributed by atoms with Crippen molar-refractivity contribution in [3.63, 3.8) is 0 Å². The fraction of sp³-hybridized carbons (Fsp3) is 0.143. The molecule has 1 aromatic heterocycles. The van der Waals surface area contributed by atoms with E-state index in [-0.39, 0.29) is 5.82 Å². The number of halogens is 3. The molecule has 0 aliphatic rings. The highest BCUT2D eigenvalue weighted by molar-refractivity contribution is 7.79. The molecule has 0 saturated carbocycles. The minimum absolute atomic E-state index is 0.0878. The lowest BCUT2D eigenvalue weighted by Gasteiger charge is -2.06. The lowest BCUT2D eigenvalue weighted by atomic mass is 10.2. The molecule has 0 amide bonds. The third-order valence-corrected chi connectivity index (χ3v) is 1.41. The highest BCUT2D eigenvalue weighted by atomic mass is 32.1.